The number of amides is 1. The monoisotopic (exact) mass is 324 g/mol. The van der Waals surface area contributed by atoms with Crippen molar-refractivity contribution in [1.29, 1.82) is 0 Å². The third-order valence-corrected chi connectivity index (χ3v) is 4.59. The summed E-state index contributed by atoms with van der Waals surface area (Å²) in [7, 11) is 0. The van der Waals surface area contributed by atoms with Crippen LogP contribution in [0, 0.1) is 0 Å². The van der Waals surface area contributed by atoms with Crippen molar-refractivity contribution in [3.8, 4) is 0 Å². The van der Waals surface area contributed by atoms with Gasteiger partial charge in [-0.15, -0.1) is 0 Å². The summed E-state index contributed by atoms with van der Waals surface area (Å²) in [6.07, 6.45) is 11.8. The van der Waals surface area contributed by atoms with Gasteiger partial charge in [-0.1, -0.05) is 13.0 Å². The Kier molecular flexibility index (Phi) is 5.41. The van der Waals surface area contributed by atoms with Crippen LogP contribution in [0.4, 0.5) is 5.69 Å². The lowest BCUT2D eigenvalue weighted by Crippen LogP contribution is -2.39. The fourth-order valence-corrected chi connectivity index (χ4v) is 3.26. The Labute approximate surface area is 143 Å². The summed E-state index contributed by atoms with van der Waals surface area (Å²) in [6.45, 7) is 3.74. The molecule has 0 spiro atoms. The molecule has 1 N–H and O–H groups in total. The number of piperidine rings is 1. The van der Waals surface area contributed by atoms with Crippen LogP contribution in [0.2, 0.25) is 0 Å². The van der Waals surface area contributed by atoms with Gasteiger partial charge in [0, 0.05) is 37.7 Å². The largest absolute Gasteiger partial charge is 0.367 e. The minimum Gasteiger partial charge on any atom is -0.367 e. The number of nitrogens with one attached hydrogen (secondary N) is 1. The maximum absolute atomic E-state index is 12.4. The number of nitrogens with zero attached hydrogens (tertiary/aromatic N) is 3. The normalized spacial score (nSPS) is 17.5. The maximum Gasteiger partial charge on any atom is 0.253 e. The summed E-state index contributed by atoms with van der Waals surface area (Å²) < 4.78 is 0. The van der Waals surface area contributed by atoms with E-state index in [1.54, 1.807) is 18.6 Å². The number of hydrogen-bond acceptors (Lipinski definition) is 4. The number of pyridine rings is 2. The molecule has 5 heteroatoms. The number of carbonyl (C=O) groups excluding carboxylic acids is 1. The second-order valence-electron chi connectivity index (χ2n) is 6.23. The van der Waals surface area contributed by atoms with E-state index in [2.05, 4.69) is 27.1 Å². The van der Waals surface area contributed by atoms with Crippen molar-refractivity contribution in [2.24, 2.45) is 0 Å². The molecule has 1 unspecified atom stereocenters. The molecule has 24 heavy (non-hydrogen) atoms. The molecule has 5 nitrogen and oxygen atoms in total. The van der Waals surface area contributed by atoms with Crippen molar-refractivity contribution in [2.45, 2.75) is 45.2 Å². The van der Waals surface area contributed by atoms with Crippen LogP contribution >= 0.6 is 0 Å². The van der Waals surface area contributed by atoms with E-state index in [1.165, 1.54) is 19.3 Å². The Bertz CT molecular complexity index is 674. The molecule has 0 saturated carbocycles. The molecular formula is C19H24N4O. The average Bonchev–Trinajstić information content (AvgIpc) is 2.67. The minimum atomic E-state index is -0.0988. The van der Waals surface area contributed by atoms with Gasteiger partial charge in [0.25, 0.3) is 5.91 Å². The first-order valence-electron chi connectivity index (χ1n) is 8.66. The molecular weight excluding hydrogens is 300 g/mol. The van der Waals surface area contributed by atoms with Crippen LogP contribution in [-0.4, -0.2) is 28.5 Å². The lowest BCUT2D eigenvalue weighted by atomic mass is 9.99. The highest BCUT2D eigenvalue weighted by molar-refractivity contribution is 5.94. The smallest absolute Gasteiger partial charge is 0.253 e. The van der Waals surface area contributed by atoms with E-state index in [-0.39, 0.29) is 5.91 Å². The number of aromatic nitrogens is 2. The molecule has 1 saturated heterocycles. The summed E-state index contributed by atoms with van der Waals surface area (Å²) in [5, 5.41) is 2.93. The van der Waals surface area contributed by atoms with E-state index in [9.17, 15) is 4.79 Å². The lowest BCUT2D eigenvalue weighted by molar-refractivity contribution is 0.0950. The second-order valence-corrected chi connectivity index (χ2v) is 6.23. The van der Waals surface area contributed by atoms with E-state index in [1.807, 2.05) is 24.4 Å². The highest BCUT2D eigenvalue weighted by atomic mass is 16.1. The topological polar surface area (TPSA) is 58.1 Å². The molecule has 2 aromatic heterocycles. The van der Waals surface area contributed by atoms with Gasteiger partial charge in [-0.2, -0.15) is 0 Å². The molecule has 0 aromatic carbocycles. The van der Waals surface area contributed by atoms with Crippen molar-refractivity contribution in [1.82, 2.24) is 15.3 Å². The SMILES string of the molecule is CCC1CCCCN1c1cncc(C(=O)NCc2cccnc2)c1. The van der Waals surface area contributed by atoms with Crippen molar-refractivity contribution in [3.63, 3.8) is 0 Å². The van der Waals surface area contributed by atoms with Crippen LogP contribution < -0.4 is 10.2 Å². The van der Waals surface area contributed by atoms with E-state index in [0.717, 1.165) is 24.2 Å². The Morgan fingerprint density at radius 2 is 2.21 bits per heavy atom. The number of anilines is 1. The van der Waals surface area contributed by atoms with Gasteiger partial charge in [0.05, 0.1) is 17.4 Å². The van der Waals surface area contributed by atoms with Crippen LogP contribution in [0.1, 0.15) is 48.5 Å². The molecule has 1 atom stereocenters. The predicted molar refractivity (Wildman–Crippen MR) is 94.9 cm³/mol. The van der Waals surface area contributed by atoms with Gasteiger partial charge in [0.15, 0.2) is 0 Å². The van der Waals surface area contributed by atoms with Crippen LogP contribution in [0.15, 0.2) is 43.0 Å². The first kappa shape index (κ1) is 16.4. The van der Waals surface area contributed by atoms with E-state index >= 15 is 0 Å². The van der Waals surface area contributed by atoms with Gasteiger partial charge in [-0.3, -0.25) is 14.8 Å². The van der Waals surface area contributed by atoms with E-state index < -0.39 is 0 Å². The molecule has 1 aliphatic rings. The first-order valence-corrected chi connectivity index (χ1v) is 8.66. The molecule has 126 valence electrons. The van der Waals surface area contributed by atoms with Gasteiger partial charge in [-0.05, 0) is 43.4 Å². The fraction of sp³-hybridized carbons (Fsp3) is 0.421. The number of rotatable bonds is 5. The third kappa shape index (κ3) is 3.91. The second kappa shape index (κ2) is 7.90. The summed E-state index contributed by atoms with van der Waals surface area (Å²) in [5.41, 5.74) is 2.64. The van der Waals surface area contributed by atoms with Crippen molar-refractivity contribution < 1.29 is 4.79 Å². The van der Waals surface area contributed by atoms with Gasteiger partial charge in [0.2, 0.25) is 0 Å². The van der Waals surface area contributed by atoms with Gasteiger partial charge in [-0.25, -0.2) is 0 Å². The minimum absolute atomic E-state index is 0.0988. The van der Waals surface area contributed by atoms with Crippen molar-refractivity contribution in [2.75, 3.05) is 11.4 Å². The zero-order valence-electron chi connectivity index (χ0n) is 14.1. The Hall–Kier alpha value is -2.43. The molecule has 1 amide bonds. The highest BCUT2D eigenvalue weighted by Gasteiger charge is 2.22. The Morgan fingerprint density at radius 3 is 3.00 bits per heavy atom. The first-order chi connectivity index (χ1) is 11.8. The van der Waals surface area contributed by atoms with E-state index in [4.69, 9.17) is 0 Å². The standard InChI is InChI=1S/C19H24N4O/c1-2-17-7-3-4-9-23(17)18-10-16(13-21-14-18)19(24)22-12-15-6-5-8-20-11-15/h5-6,8,10-11,13-14,17H,2-4,7,9,12H2,1H3,(H,22,24). The highest BCUT2D eigenvalue weighted by Crippen LogP contribution is 2.26. The van der Waals surface area contributed by atoms with Gasteiger partial charge >= 0.3 is 0 Å². The molecule has 3 heterocycles. The summed E-state index contributed by atoms with van der Waals surface area (Å²) in [4.78, 5) is 23.2. The zero-order valence-corrected chi connectivity index (χ0v) is 14.1. The summed E-state index contributed by atoms with van der Waals surface area (Å²) in [6, 6.07) is 6.32. The predicted octanol–water partition coefficient (Wildman–Crippen LogP) is 3.18. The quantitative estimate of drug-likeness (QED) is 0.918. The van der Waals surface area contributed by atoms with Crippen LogP contribution in [0.25, 0.3) is 0 Å². The lowest BCUT2D eigenvalue weighted by Gasteiger charge is -2.37. The molecule has 0 aliphatic carbocycles. The van der Waals surface area contributed by atoms with Gasteiger partial charge < -0.3 is 10.2 Å². The molecule has 0 radical (unpaired) electrons. The fourth-order valence-electron chi connectivity index (χ4n) is 3.26. The Morgan fingerprint density at radius 1 is 1.29 bits per heavy atom. The molecule has 0 bridgehead atoms. The maximum atomic E-state index is 12.4. The van der Waals surface area contributed by atoms with Crippen LogP contribution in [0.5, 0.6) is 0 Å². The van der Waals surface area contributed by atoms with Gasteiger partial charge in [0.1, 0.15) is 0 Å². The molecule has 1 aliphatic heterocycles. The Balaban J connectivity index is 1.69. The van der Waals surface area contributed by atoms with Crippen LogP contribution in [0.3, 0.4) is 0 Å². The number of carbonyl (C=O) groups is 1. The average molecular weight is 324 g/mol. The van der Waals surface area contributed by atoms with E-state index in [0.29, 0.717) is 18.2 Å². The molecule has 3 rings (SSSR count). The third-order valence-electron chi connectivity index (χ3n) is 4.59. The summed E-state index contributed by atoms with van der Waals surface area (Å²) >= 11 is 0. The summed E-state index contributed by atoms with van der Waals surface area (Å²) in [5.74, 6) is -0.0988. The zero-order chi connectivity index (χ0) is 16.8. The van der Waals surface area contributed by atoms with Crippen LogP contribution in [-0.2, 0) is 6.54 Å². The molecule has 1 fully saturated rings. The van der Waals surface area contributed by atoms with Crippen molar-refractivity contribution in [3.05, 3.63) is 54.1 Å². The number of hydrogen-bond donors (Lipinski definition) is 1. The van der Waals surface area contributed by atoms with Crippen molar-refractivity contribution >= 4 is 11.6 Å². The molecule has 2 aromatic rings.